The van der Waals surface area contributed by atoms with Gasteiger partial charge in [0.25, 0.3) is 5.91 Å². The highest BCUT2D eigenvalue weighted by molar-refractivity contribution is 5.97. The minimum atomic E-state index is -0.0696. The summed E-state index contributed by atoms with van der Waals surface area (Å²) < 4.78 is 0. The predicted molar refractivity (Wildman–Crippen MR) is 114 cm³/mol. The monoisotopic (exact) mass is 405 g/mol. The van der Waals surface area contributed by atoms with Gasteiger partial charge in [-0.1, -0.05) is 6.92 Å². The summed E-state index contributed by atoms with van der Waals surface area (Å²) in [6.07, 6.45) is 5.53. The molecule has 3 aliphatic rings. The third kappa shape index (κ3) is 3.92. The molecule has 1 saturated heterocycles. The van der Waals surface area contributed by atoms with Gasteiger partial charge in [-0.15, -0.1) is 12.4 Å². The van der Waals surface area contributed by atoms with Crippen molar-refractivity contribution < 1.29 is 9.59 Å². The summed E-state index contributed by atoms with van der Waals surface area (Å²) in [6.45, 7) is 5.86. The first-order valence-electron chi connectivity index (χ1n) is 10.4. The van der Waals surface area contributed by atoms with Crippen molar-refractivity contribution in [1.82, 2.24) is 4.90 Å². The minimum Gasteiger partial charge on any atom is -0.339 e. The molecule has 6 heteroatoms. The lowest BCUT2D eigenvalue weighted by Crippen LogP contribution is -2.42. The molecule has 0 spiro atoms. The van der Waals surface area contributed by atoms with Crippen LogP contribution >= 0.6 is 12.4 Å². The van der Waals surface area contributed by atoms with Gasteiger partial charge < -0.3 is 16.0 Å². The molecule has 3 N–H and O–H groups in total. The summed E-state index contributed by atoms with van der Waals surface area (Å²) >= 11 is 0. The second kappa shape index (κ2) is 8.42. The number of benzene rings is 1. The number of hydrogen-bond donors (Lipinski definition) is 2. The fraction of sp³-hybridized carbons (Fsp3) is 0.636. The third-order valence-corrected chi connectivity index (χ3v) is 7.09. The smallest absolute Gasteiger partial charge is 0.253 e. The van der Waals surface area contributed by atoms with Gasteiger partial charge in [-0.05, 0) is 80.5 Å². The molecule has 2 aliphatic carbocycles. The van der Waals surface area contributed by atoms with Gasteiger partial charge in [0.2, 0.25) is 5.91 Å². The molecule has 1 aliphatic heterocycles. The zero-order chi connectivity index (χ0) is 19.1. The zero-order valence-corrected chi connectivity index (χ0v) is 17.6. The zero-order valence-electron chi connectivity index (χ0n) is 16.8. The Balaban J connectivity index is 0.00000225. The van der Waals surface area contributed by atoms with E-state index in [4.69, 9.17) is 5.73 Å². The normalized spacial score (nSPS) is 29.5. The number of fused-ring (bicyclic) bond motifs is 2. The van der Waals surface area contributed by atoms with Crippen molar-refractivity contribution in [2.24, 2.45) is 29.4 Å². The number of carbonyl (C=O) groups is 2. The lowest BCUT2D eigenvalue weighted by Gasteiger charge is -2.30. The van der Waals surface area contributed by atoms with Crippen LogP contribution in [0.1, 0.15) is 54.9 Å². The Morgan fingerprint density at radius 3 is 2.39 bits per heavy atom. The highest BCUT2D eigenvalue weighted by Gasteiger charge is 2.49. The van der Waals surface area contributed by atoms with Crippen molar-refractivity contribution in [2.75, 3.05) is 18.4 Å². The fourth-order valence-corrected chi connectivity index (χ4v) is 5.27. The molecule has 0 radical (unpaired) electrons. The van der Waals surface area contributed by atoms with E-state index < -0.39 is 0 Å². The van der Waals surface area contributed by atoms with E-state index in [2.05, 4.69) is 12.2 Å². The van der Waals surface area contributed by atoms with Crippen LogP contribution in [0.5, 0.6) is 0 Å². The number of nitrogens with zero attached hydrogens (tertiary/aromatic N) is 1. The second-order valence-corrected chi connectivity index (χ2v) is 8.93. The van der Waals surface area contributed by atoms with E-state index in [1.807, 2.05) is 30.0 Å². The van der Waals surface area contributed by atoms with Crippen LogP contribution in [0.25, 0.3) is 0 Å². The lowest BCUT2D eigenvalue weighted by atomic mass is 9.84. The highest BCUT2D eigenvalue weighted by atomic mass is 35.5. The van der Waals surface area contributed by atoms with E-state index in [1.165, 1.54) is 6.42 Å². The molecule has 4 unspecified atom stereocenters. The number of nitrogens with two attached hydrogens (primary N) is 1. The number of aryl methyl sites for hydroxylation is 1. The molecule has 4 atom stereocenters. The first-order valence-corrected chi connectivity index (χ1v) is 10.4. The Kier molecular flexibility index (Phi) is 6.35. The summed E-state index contributed by atoms with van der Waals surface area (Å²) in [5, 5.41) is 3.08. The molecule has 1 heterocycles. The van der Waals surface area contributed by atoms with Crippen molar-refractivity contribution in [1.29, 1.82) is 0 Å². The van der Waals surface area contributed by atoms with Crippen molar-refractivity contribution in [3.8, 4) is 0 Å². The van der Waals surface area contributed by atoms with Gasteiger partial charge in [0.05, 0.1) is 5.92 Å². The second-order valence-electron chi connectivity index (χ2n) is 8.93. The Hall–Kier alpha value is -1.59. The van der Waals surface area contributed by atoms with Gasteiger partial charge in [0.15, 0.2) is 0 Å². The highest BCUT2D eigenvalue weighted by Crippen LogP contribution is 2.48. The van der Waals surface area contributed by atoms with Gasteiger partial charge in [-0.3, -0.25) is 9.59 Å². The first kappa shape index (κ1) is 21.1. The average molecular weight is 406 g/mol. The van der Waals surface area contributed by atoms with Crippen LogP contribution in [0.15, 0.2) is 18.2 Å². The van der Waals surface area contributed by atoms with Crippen LogP contribution in [0.2, 0.25) is 0 Å². The maximum Gasteiger partial charge on any atom is 0.253 e. The molecule has 0 aromatic heterocycles. The van der Waals surface area contributed by atoms with Gasteiger partial charge in [-0.25, -0.2) is 0 Å². The minimum absolute atomic E-state index is 0. The third-order valence-electron chi connectivity index (χ3n) is 7.09. The molecule has 1 aromatic carbocycles. The molecule has 28 heavy (non-hydrogen) atoms. The van der Waals surface area contributed by atoms with E-state index in [0.29, 0.717) is 23.3 Å². The summed E-state index contributed by atoms with van der Waals surface area (Å²) in [7, 11) is 0. The summed E-state index contributed by atoms with van der Waals surface area (Å²) in [4.78, 5) is 27.5. The van der Waals surface area contributed by atoms with Crippen molar-refractivity contribution in [2.45, 2.75) is 52.0 Å². The van der Waals surface area contributed by atoms with E-state index in [0.717, 1.165) is 50.0 Å². The first-order chi connectivity index (χ1) is 12.9. The Morgan fingerprint density at radius 1 is 1.11 bits per heavy atom. The van der Waals surface area contributed by atoms with E-state index in [-0.39, 0.29) is 36.2 Å². The van der Waals surface area contributed by atoms with Crippen molar-refractivity contribution in [3.05, 3.63) is 29.3 Å². The Labute approximate surface area is 173 Å². The van der Waals surface area contributed by atoms with Crippen molar-refractivity contribution >= 4 is 29.9 Å². The van der Waals surface area contributed by atoms with Crippen LogP contribution < -0.4 is 11.1 Å². The van der Waals surface area contributed by atoms with E-state index in [9.17, 15) is 9.59 Å². The lowest BCUT2D eigenvalue weighted by molar-refractivity contribution is -0.121. The molecule has 1 aromatic rings. The molecular weight excluding hydrogens is 374 g/mol. The number of halogens is 1. The number of likely N-dealkylation sites (tertiary alicyclic amines) is 1. The van der Waals surface area contributed by atoms with Gasteiger partial charge in [0.1, 0.15) is 0 Å². The van der Waals surface area contributed by atoms with E-state index in [1.54, 1.807) is 0 Å². The molecule has 4 rings (SSSR count). The molecular formula is C22H32ClN3O2. The average Bonchev–Trinajstić information content (AvgIpc) is 3.24. The summed E-state index contributed by atoms with van der Waals surface area (Å²) in [5.74, 6) is 1.72. The number of carbonyl (C=O) groups excluding carboxylic acids is 2. The quantitative estimate of drug-likeness (QED) is 0.806. The molecule has 2 saturated carbocycles. The predicted octanol–water partition coefficient (Wildman–Crippen LogP) is 3.60. The number of piperidine rings is 1. The van der Waals surface area contributed by atoms with Crippen molar-refractivity contribution in [3.63, 3.8) is 0 Å². The molecule has 5 nitrogen and oxygen atoms in total. The number of anilines is 1. The SMILES string of the molecule is Cc1cc(C(=O)N2CCC(C)CC2)ccc1NC(=O)C1C2CCC(C2)C1N.Cl. The van der Waals surface area contributed by atoms with Crippen LogP contribution in [-0.2, 0) is 4.79 Å². The Bertz CT molecular complexity index is 743. The van der Waals surface area contributed by atoms with Crippen LogP contribution in [0.3, 0.4) is 0 Å². The molecule has 154 valence electrons. The maximum absolute atomic E-state index is 12.8. The Morgan fingerprint density at radius 2 is 1.79 bits per heavy atom. The number of amides is 2. The number of nitrogens with one attached hydrogen (secondary N) is 1. The van der Waals surface area contributed by atoms with Gasteiger partial charge >= 0.3 is 0 Å². The van der Waals surface area contributed by atoms with E-state index >= 15 is 0 Å². The number of rotatable bonds is 3. The van der Waals surface area contributed by atoms with Crippen LogP contribution in [0.4, 0.5) is 5.69 Å². The standard InChI is InChI=1S/C22H31N3O2.ClH/c1-13-7-9-25(10-8-13)22(27)17-5-6-18(14(2)11-17)24-21(26)19-15-3-4-16(12-15)20(19)23;/h5-6,11,13,15-16,19-20H,3-4,7-10,12,23H2,1-2H3,(H,24,26);1H. The van der Waals surface area contributed by atoms with Crippen LogP contribution in [0, 0.1) is 30.6 Å². The topological polar surface area (TPSA) is 75.4 Å². The number of hydrogen-bond acceptors (Lipinski definition) is 3. The summed E-state index contributed by atoms with van der Waals surface area (Å²) in [5.41, 5.74) is 8.72. The summed E-state index contributed by atoms with van der Waals surface area (Å²) in [6, 6.07) is 5.60. The maximum atomic E-state index is 12.8. The fourth-order valence-electron chi connectivity index (χ4n) is 5.27. The molecule has 3 fully saturated rings. The van der Waals surface area contributed by atoms with Gasteiger partial charge in [-0.2, -0.15) is 0 Å². The molecule has 2 amide bonds. The van der Waals surface area contributed by atoms with Crippen LogP contribution in [-0.4, -0.2) is 35.8 Å². The van der Waals surface area contributed by atoms with Gasteiger partial charge in [0, 0.05) is 30.4 Å². The largest absolute Gasteiger partial charge is 0.339 e. The molecule has 2 bridgehead atoms.